The molecule has 0 spiro atoms. The first-order valence-corrected chi connectivity index (χ1v) is 10.4. The van der Waals surface area contributed by atoms with Crippen molar-refractivity contribution in [1.29, 1.82) is 0 Å². The second-order valence-electron chi connectivity index (χ2n) is 8.20. The van der Waals surface area contributed by atoms with E-state index in [9.17, 15) is 19.1 Å². The van der Waals surface area contributed by atoms with Crippen LogP contribution in [0.15, 0.2) is 79.0 Å². The summed E-state index contributed by atoms with van der Waals surface area (Å²) < 4.78 is 20.2. The van der Waals surface area contributed by atoms with Gasteiger partial charge in [-0.1, -0.05) is 36.4 Å². The predicted molar refractivity (Wildman–Crippen MR) is 122 cm³/mol. The largest absolute Gasteiger partial charge is 0.481 e. The summed E-state index contributed by atoms with van der Waals surface area (Å²) >= 11 is 0. The summed E-state index contributed by atoms with van der Waals surface area (Å²) in [6.07, 6.45) is 1.69. The molecular formula is C26H23FN2O4. The Kier molecular flexibility index (Phi) is 5.96. The number of carbonyl (C=O) groups is 2. The van der Waals surface area contributed by atoms with Crippen LogP contribution in [0.5, 0.6) is 0 Å². The molecule has 0 amide bonds. The number of halogens is 1. The third-order valence-electron chi connectivity index (χ3n) is 5.83. The van der Waals surface area contributed by atoms with Crippen LogP contribution in [0.2, 0.25) is 0 Å². The van der Waals surface area contributed by atoms with Crippen LogP contribution in [0, 0.1) is 11.2 Å². The van der Waals surface area contributed by atoms with Crippen LogP contribution in [-0.2, 0) is 14.3 Å². The zero-order chi connectivity index (χ0) is 23.6. The topological polar surface area (TPSA) is 81.4 Å². The number of hydrogen-bond donors (Lipinski definition) is 1. The molecule has 4 aromatic rings. The van der Waals surface area contributed by atoms with E-state index in [4.69, 9.17) is 4.74 Å². The Morgan fingerprint density at radius 2 is 1.76 bits per heavy atom. The molecule has 2 unspecified atom stereocenters. The minimum absolute atomic E-state index is 0.274. The minimum atomic E-state index is -1.41. The zero-order valence-electron chi connectivity index (χ0n) is 18.2. The zero-order valence-corrected chi connectivity index (χ0v) is 18.2. The Bertz CT molecular complexity index is 1300. The van der Waals surface area contributed by atoms with Crippen molar-refractivity contribution in [3.63, 3.8) is 0 Å². The molecule has 0 saturated heterocycles. The maximum absolute atomic E-state index is 13.3. The van der Waals surface area contributed by atoms with Crippen LogP contribution in [0.4, 0.5) is 4.39 Å². The van der Waals surface area contributed by atoms with E-state index in [2.05, 4.69) is 5.10 Å². The van der Waals surface area contributed by atoms with Gasteiger partial charge < -0.3 is 9.84 Å². The van der Waals surface area contributed by atoms with E-state index < -0.39 is 23.3 Å². The summed E-state index contributed by atoms with van der Waals surface area (Å²) in [6, 6.07) is 20.9. The summed E-state index contributed by atoms with van der Waals surface area (Å²) in [6.45, 7) is 2.57. The summed E-state index contributed by atoms with van der Waals surface area (Å²) in [5.74, 6) is -2.52. The normalized spacial score (nSPS) is 13.9. The number of ether oxygens (including phenoxy) is 1. The average molecular weight is 446 g/mol. The van der Waals surface area contributed by atoms with E-state index in [0.29, 0.717) is 5.69 Å². The van der Waals surface area contributed by atoms with Crippen molar-refractivity contribution in [3.8, 4) is 5.69 Å². The number of aliphatic carboxylic acids is 1. The molecule has 0 aliphatic carbocycles. The van der Waals surface area contributed by atoms with Crippen molar-refractivity contribution in [2.75, 3.05) is 6.61 Å². The lowest BCUT2D eigenvalue weighted by Crippen LogP contribution is -2.40. The third kappa shape index (κ3) is 4.35. The van der Waals surface area contributed by atoms with E-state index in [-0.39, 0.29) is 12.4 Å². The molecule has 1 aromatic heterocycles. The Morgan fingerprint density at radius 1 is 1.06 bits per heavy atom. The first kappa shape index (κ1) is 22.2. The van der Waals surface area contributed by atoms with E-state index in [0.717, 1.165) is 22.0 Å². The molecule has 1 heterocycles. The Labute approximate surface area is 190 Å². The number of carbonyl (C=O) groups excluding carboxylic acids is 1. The number of carboxylic acid groups (broad SMARTS) is 1. The fraction of sp³-hybridized carbons (Fsp3) is 0.192. The smallest absolute Gasteiger partial charge is 0.313 e. The number of nitrogens with zero attached hydrogens (tertiary/aromatic N) is 2. The van der Waals surface area contributed by atoms with Gasteiger partial charge in [0, 0.05) is 18.2 Å². The van der Waals surface area contributed by atoms with Gasteiger partial charge in [-0.25, -0.2) is 9.07 Å². The van der Waals surface area contributed by atoms with Gasteiger partial charge >= 0.3 is 11.9 Å². The van der Waals surface area contributed by atoms with Crippen LogP contribution < -0.4 is 0 Å². The highest BCUT2D eigenvalue weighted by Gasteiger charge is 2.44. The highest BCUT2D eigenvalue weighted by Crippen LogP contribution is 2.42. The molecule has 0 aliphatic heterocycles. The summed E-state index contributed by atoms with van der Waals surface area (Å²) in [4.78, 5) is 24.0. The van der Waals surface area contributed by atoms with Gasteiger partial charge in [-0.15, -0.1) is 0 Å². The lowest BCUT2D eigenvalue weighted by atomic mass is 9.70. The van der Waals surface area contributed by atoms with Gasteiger partial charge in [0.1, 0.15) is 17.8 Å². The molecule has 2 atom stereocenters. The monoisotopic (exact) mass is 446 g/mol. The van der Waals surface area contributed by atoms with Crippen molar-refractivity contribution in [3.05, 3.63) is 95.9 Å². The molecule has 168 valence electrons. The van der Waals surface area contributed by atoms with Crippen LogP contribution in [0.3, 0.4) is 0 Å². The van der Waals surface area contributed by atoms with Crippen LogP contribution in [0.1, 0.15) is 30.9 Å². The van der Waals surface area contributed by atoms with Crippen molar-refractivity contribution in [1.82, 2.24) is 9.78 Å². The van der Waals surface area contributed by atoms with Crippen molar-refractivity contribution < 1.29 is 23.8 Å². The molecule has 0 saturated carbocycles. The van der Waals surface area contributed by atoms with Gasteiger partial charge in [0.15, 0.2) is 0 Å². The highest BCUT2D eigenvalue weighted by atomic mass is 19.1. The van der Waals surface area contributed by atoms with Crippen molar-refractivity contribution >= 4 is 22.8 Å². The quantitative estimate of drug-likeness (QED) is 0.406. The number of fused-ring (bicyclic) bond motifs is 1. The van der Waals surface area contributed by atoms with Gasteiger partial charge in [-0.2, -0.15) is 5.10 Å². The maximum atomic E-state index is 13.3. The summed E-state index contributed by atoms with van der Waals surface area (Å²) in [5.41, 5.74) is 1.65. The summed E-state index contributed by atoms with van der Waals surface area (Å²) in [7, 11) is 0. The van der Waals surface area contributed by atoms with Gasteiger partial charge in [0.2, 0.25) is 0 Å². The fourth-order valence-electron chi connectivity index (χ4n) is 4.11. The van der Waals surface area contributed by atoms with Crippen LogP contribution in [-0.4, -0.2) is 33.4 Å². The van der Waals surface area contributed by atoms with Crippen LogP contribution >= 0.6 is 0 Å². The van der Waals surface area contributed by atoms with Gasteiger partial charge in [-0.3, -0.25) is 9.59 Å². The molecule has 0 radical (unpaired) electrons. The van der Waals surface area contributed by atoms with E-state index in [1.807, 2.05) is 48.5 Å². The lowest BCUT2D eigenvalue weighted by Gasteiger charge is -2.34. The number of benzene rings is 3. The second-order valence-corrected chi connectivity index (χ2v) is 8.20. The predicted octanol–water partition coefficient (Wildman–Crippen LogP) is 4.95. The van der Waals surface area contributed by atoms with Gasteiger partial charge in [0.05, 0.1) is 17.4 Å². The molecule has 7 heteroatoms. The number of rotatable bonds is 7. The molecule has 0 bridgehead atoms. The SMILES string of the molecule is CC(=O)OCC(C)(C(=O)O)C(c1ccccc1)c1ccc2c(cnn2-c2ccc(F)cc2)c1. The molecule has 1 N–H and O–H groups in total. The molecule has 3 aromatic carbocycles. The highest BCUT2D eigenvalue weighted by molar-refractivity contribution is 5.83. The van der Waals surface area contributed by atoms with E-state index in [1.165, 1.54) is 19.1 Å². The average Bonchev–Trinajstić information content (AvgIpc) is 3.22. The minimum Gasteiger partial charge on any atom is -0.481 e. The first-order chi connectivity index (χ1) is 15.8. The van der Waals surface area contributed by atoms with E-state index >= 15 is 0 Å². The number of aromatic nitrogens is 2. The molecule has 0 aliphatic rings. The molecular weight excluding hydrogens is 423 g/mol. The maximum Gasteiger partial charge on any atom is 0.313 e. The molecule has 0 fully saturated rings. The Balaban J connectivity index is 1.83. The number of hydrogen-bond acceptors (Lipinski definition) is 4. The van der Waals surface area contributed by atoms with Crippen molar-refractivity contribution in [2.24, 2.45) is 5.41 Å². The standard InChI is InChI=1S/C26H23FN2O4/c1-17(30)33-16-26(2,25(31)32)24(18-6-4-3-5-7-18)19-8-13-23-20(14-19)15-28-29(23)22-11-9-21(27)10-12-22/h3-15,24H,16H2,1-2H3,(H,31,32). The van der Waals surface area contributed by atoms with Crippen molar-refractivity contribution in [2.45, 2.75) is 19.8 Å². The summed E-state index contributed by atoms with van der Waals surface area (Å²) in [5, 5.41) is 15.4. The molecule has 6 nitrogen and oxygen atoms in total. The molecule has 4 rings (SSSR count). The lowest BCUT2D eigenvalue weighted by molar-refractivity contribution is -0.157. The Morgan fingerprint density at radius 3 is 2.39 bits per heavy atom. The van der Waals surface area contributed by atoms with Gasteiger partial charge in [-0.05, 0) is 54.4 Å². The Hall–Kier alpha value is -4.00. The van der Waals surface area contributed by atoms with Crippen LogP contribution in [0.25, 0.3) is 16.6 Å². The van der Waals surface area contributed by atoms with Gasteiger partial charge in [0.25, 0.3) is 0 Å². The molecule has 33 heavy (non-hydrogen) atoms. The first-order valence-electron chi connectivity index (χ1n) is 10.4. The fourth-order valence-corrected chi connectivity index (χ4v) is 4.11. The third-order valence-corrected chi connectivity index (χ3v) is 5.83. The number of carboxylic acids is 1. The second kappa shape index (κ2) is 8.86. The van der Waals surface area contributed by atoms with E-state index in [1.54, 1.807) is 29.9 Å². The number of esters is 1.